The van der Waals surface area contributed by atoms with Crippen molar-refractivity contribution in [1.82, 2.24) is 0 Å². The van der Waals surface area contributed by atoms with E-state index in [0.717, 1.165) is 16.3 Å². The first kappa shape index (κ1) is 15.6. The van der Waals surface area contributed by atoms with Crippen LogP contribution in [0.25, 0.3) is 0 Å². The first-order chi connectivity index (χ1) is 7.47. The van der Waals surface area contributed by atoms with Gasteiger partial charge in [-0.2, -0.15) is 0 Å². The lowest BCUT2D eigenvalue weighted by atomic mass is 10.2. The molecule has 0 spiro atoms. The molecule has 6 heteroatoms. The van der Waals surface area contributed by atoms with E-state index in [4.69, 9.17) is 18.9 Å². The molecule has 0 aromatic rings. The van der Waals surface area contributed by atoms with Gasteiger partial charge in [-0.15, -0.1) is 0 Å². The van der Waals surface area contributed by atoms with Crippen molar-refractivity contribution in [3.8, 4) is 0 Å². The third-order valence-corrected chi connectivity index (χ3v) is 3.07. The van der Waals surface area contributed by atoms with E-state index >= 15 is 0 Å². The molecule has 0 bridgehead atoms. The Morgan fingerprint density at radius 1 is 1.25 bits per heavy atom. The average Bonchev–Trinajstić information content (AvgIpc) is 2.28. The van der Waals surface area contributed by atoms with Gasteiger partial charge >= 0.3 is 11.9 Å². The number of methoxy groups -OCH3 is 3. The summed E-state index contributed by atoms with van der Waals surface area (Å²) < 4.78 is 20.9. The Kier molecular flexibility index (Phi) is 6.81. The topological polar surface area (TPSA) is 54.0 Å². The Hall–Kier alpha value is -0.433. The van der Waals surface area contributed by atoms with Gasteiger partial charge in [0.15, 0.2) is 0 Å². The van der Waals surface area contributed by atoms with Gasteiger partial charge in [0.05, 0.1) is 5.92 Å². The Labute approximate surface area is 99.8 Å². The molecule has 0 saturated carbocycles. The van der Waals surface area contributed by atoms with Crippen LogP contribution in [0.2, 0.25) is 6.04 Å². The zero-order chi connectivity index (χ0) is 12.8. The quantitative estimate of drug-likeness (QED) is 0.360. The Morgan fingerprint density at radius 3 is 2.00 bits per heavy atom. The molecule has 0 aliphatic carbocycles. The molecule has 0 aromatic carbocycles. The molecule has 0 N–H and O–H groups in total. The van der Waals surface area contributed by atoms with Gasteiger partial charge in [-0.05, 0) is 6.04 Å². The van der Waals surface area contributed by atoms with E-state index in [9.17, 15) is 4.79 Å². The van der Waals surface area contributed by atoms with Gasteiger partial charge in [-0.1, -0.05) is 13.8 Å². The lowest BCUT2D eigenvalue weighted by molar-refractivity contribution is -0.380. The van der Waals surface area contributed by atoms with Crippen LogP contribution in [0.1, 0.15) is 13.8 Å². The fraction of sp³-hybridized carbons (Fsp3) is 0.900. The zero-order valence-corrected chi connectivity index (χ0v) is 12.9. The van der Waals surface area contributed by atoms with E-state index in [-0.39, 0.29) is 11.9 Å². The maximum Gasteiger partial charge on any atom is 0.356 e. The summed E-state index contributed by atoms with van der Waals surface area (Å²) in [5.74, 6) is -2.05. The summed E-state index contributed by atoms with van der Waals surface area (Å²) in [5.41, 5.74) is 0. The van der Waals surface area contributed by atoms with Gasteiger partial charge in [-0.3, -0.25) is 4.79 Å². The van der Waals surface area contributed by atoms with Crippen LogP contribution in [-0.4, -0.2) is 49.6 Å². The molecule has 0 heterocycles. The number of hydrogen-bond donors (Lipinski definition) is 0. The lowest BCUT2D eigenvalue weighted by Crippen LogP contribution is -2.51. The van der Waals surface area contributed by atoms with Crippen LogP contribution in [-0.2, 0) is 23.7 Å². The number of ether oxygens (including phenoxy) is 4. The minimum Gasteiger partial charge on any atom is -0.405 e. The van der Waals surface area contributed by atoms with Crippen molar-refractivity contribution in [3.63, 3.8) is 0 Å². The monoisotopic (exact) mass is 250 g/mol. The Morgan fingerprint density at radius 2 is 1.75 bits per heavy atom. The van der Waals surface area contributed by atoms with E-state index in [0.29, 0.717) is 0 Å². The predicted octanol–water partition coefficient (Wildman–Crippen LogP) is -0.0691. The van der Waals surface area contributed by atoms with E-state index < -0.39 is 12.1 Å². The van der Waals surface area contributed by atoms with Gasteiger partial charge < -0.3 is 18.9 Å². The van der Waals surface area contributed by atoms with Crippen LogP contribution >= 0.6 is 0 Å². The zero-order valence-electron chi connectivity index (χ0n) is 10.9. The molecule has 0 amide bonds. The van der Waals surface area contributed by atoms with Crippen LogP contribution in [0.4, 0.5) is 0 Å². The van der Waals surface area contributed by atoms with Crippen LogP contribution < -0.4 is 0 Å². The van der Waals surface area contributed by atoms with Gasteiger partial charge in [0.25, 0.3) is 0 Å². The normalized spacial score (nSPS) is 14.1. The third kappa shape index (κ3) is 3.55. The van der Waals surface area contributed by atoms with Crippen molar-refractivity contribution < 1.29 is 23.7 Å². The van der Waals surface area contributed by atoms with Crippen LogP contribution in [0.3, 0.4) is 0 Å². The second kappa shape index (κ2) is 7.00. The molecule has 0 fully saturated rings. The molecule has 0 aromatic heterocycles. The van der Waals surface area contributed by atoms with E-state index in [2.05, 4.69) is 0 Å². The van der Waals surface area contributed by atoms with Crippen molar-refractivity contribution in [2.24, 2.45) is 5.92 Å². The minimum absolute atomic E-state index is 0.240. The molecule has 16 heavy (non-hydrogen) atoms. The van der Waals surface area contributed by atoms with E-state index in [1.807, 2.05) is 0 Å². The number of rotatable bonds is 7. The molecule has 96 valence electrons. The van der Waals surface area contributed by atoms with Gasteiger partial charge in [0.2, 0.25) is 0 Å². The Bertz CT molecular complexity index is 211. The second-order valence-electron chi connectivity index (χ2n) is 3.72. The minimum atomic E-state index is -1.43. The highest BCUT2D eigenvalue weighted by Crippen LogP contribution is 2.24. The standard InChI is InChI=1S/C10H22O5Si/c1-7(2)9(11)15-10(13-4,14-5)8(6-16)12-3/h7-8H,6H2,1-5,16H3. The molecule has 0 aliphatic rings. The first-order valence-corrected chi connectivity index (χ1v) is 6.74. The fourth-order valence-electron chi connectivity index (χ4n) is 1.31. The van der Waals surface area contributed by atoms with E-state index in [1.165, 1.54) is 14.2 Å². The van der Waals surface area contributed by atoms with Crippen molar-refractivity contribution in [2.75, 3.05) is 21.3 Å². The maximum atomic E-state index is 11.6. The number of carbonyl (C=O) groups excluding carboxylic acids is 1. The molecule has 1 unspecified atom stereocenters. The summed E-state index contributed by atoms with van der Waals surface area (Å²) in [7, 11) is 5.29. The summed E-state index contributed by atoms with van der Waals surface area (Å²) >= 11 is 0. The molecule has 5 nitrogen and oxygen atoms in total. The van der Waals surface area contributed by atoms with Crippen molar-refractivity contribution >= 4 is 16.2 Å². The van der Waals surface area contributed by atoms with E-state index in [1.54, 1.807) is 21.0 Å². The molecular weight excluding hydrogens is 228 g/mol. The first-order valence-electron chi connectivity index (χ1n) is 5.33. The maximum absolute atomic E-state index is 11.6. The van der Waals surface area contributed by atoms with Crippen molar-refractivity contribution in [3.05, 3.63) is 0 Å². The number of esters is 1. The van der Waals surface area contributed by atoms with Crippen molar-refractivity contribution in [1.29, 1.82) is 0 Å². The largest absolute Gasteiger partial charge is 0.405 e. The highest BCUT2D eigenvalue weighted by molar-refractivity contribution is 6.08. The highest BCUT2D eigenvalue weighted by Gasteiger charge is 2.44. The summed E-state index contributed by atoms with van der Waals surface area (Å²) in [4.78, 5) is 11.6. The summed E-state index contributed by atoms with van der Waals surface area (Å²) in [6.45, 7) is 3.50. The second-order valence-corrected chi connectivity index (χ2v) is 4.54. The molecule has 1 atom stereocenters. The summed E-state index contributed by atoms with van der Waals surface area (Å²) in [5, 5.41) is 0. The van der Waals surface area contributed by atoms with Crippen LogP contribution in [0.5, 0.6) is 0 Å². The Balaban J connectivity index is 4.86. The predicted molar refractivity (Wildman–Crippen MR) is 63.2 cm³/mol. The smallest absolute Gasteiger partial charge is 0.356 e. The van der Waals surface area contributed by atoms with Gasteiger partial charge in [-0.25, -0.2) is 0 Å². The van der Waals surface area contributed by atoms with Crippen LogP contribution in [0.15, 0.2) is 0 Å². The summed E-state index contributed by atoms with van der Waals surface area (Å²) in [6.07, 6.45) is -0.406. The molecule has 0 radical (unpaired) electrons. The van der Waals surface area contributed by atoms with Gasteiger partial charge in [0.1, 0.15) is 6.10 Å². The number of carbonyl (C=O) groups is 1. The lowest BCUT2D eigenvalue weighted by Gasteiger charge is -2.35. The van der Waals surface area contributed by atoms with Gasteiger partial charge in [0, 0.05) is 31.6 Å². The fourth-order valence-corrected chi connectivity index (χ4v) is 2.15. The molecule has 0 saturated heterocycles. The SMILES string of the molecule is COC(C[SiH3])C(OC)(OC)OC(=O)C(C)C. The third-order valence-electron chi connectivity index (χ3n) is 2.33. The number of hydrogen-bond acceptors (Lipinski definition) is 5. The van der Waals surface area contributed by atoms with Crippen molar-refractivity contribution in [2.45, 2.75) is 32.0 Å². The summed E-state index contributed by atoms with van der Waals surface area (Å²) in [6, 6.07) is 0.740. The molecule has 0 rings (SSSR count). The average molecular weight is 250 g/mol. The molecular formula is C10H22O5Si. The highest BCUT2D eigenvalue weighted by atomic mass is 28.1. The van der Waals surface area contributed by atoms with Crippen LogP contribution in [0, 0.1) is 5.92 Å². The molecule has 0 aliphatic heterocycles.